The molecule has 1 heterocycles. The summed E-state index contributed by atoms with van der Waals surface area (Å²) in [5, 5.41) is 6.71. The number of nitrogens with one attached hydrogen (secondary N) is 2. The molecule has 1 aliphatic heterocycles. The van der Waals surface area contributed by atoms with Gasteiger partial charge in [0.1, 0.15) is 5.82 Å². The van der Waals surface area contributed by atoms with Gasteiger partial charge in [0.25, 0.3) is 0 Å². The summed E-state index contributed by atoms with van der Waals surface area (Å²) in [6.07, 6.45) is 1.12. The van der Waals surface area contributed by atoms with Crippen LogP contribution < -0.4 is 10.6 Å². The largest absolute Gasteiger partial charge is 0.381 e. The van der Waals surface area contributed by atoms with Crippen molar-refractivity contribution in [2.45, 2.75) is 19.4 Å². The molecule has 1 unspecified atom stereocenters. The molecule has 0 radical (unpaired) electrons. The van der Waals surface area contributed by atoms with Crippen molar-refractivity contribution < 1.29 is 4.39 Å². The van der Waals surface area contributed by atoms with E-state index in [0.29, 0.717) is 10.5 Å². The van der Waals surface area contributed by atoms with Crippen molar-refractivity contribution >= 4 is 21.6 Å². The van der Waals surface area contributed by atoms with E-state index < -0.39 is 0 Å². The van der Waals surface area contributed by atoms with E-state index in [1.165, 1.54) is 0 Å². The molecule has 1 fully saturated rings. The van der Waals surface area contributed by atoms with Gasteiger partial charge in [-0.3, -0.25) is 0 Å². The first-order valence-electron chi connectivity index (χ1n) is 5.09. The van der Waals surface area contributed by atoms with Crippen LogP contribution in [0.3, 0.4) is 0 Å². The van der Waals surface area contributed by atoms with E-state index in [-0.39, 0.29) is 5.82 Å². The average molecular weight is 273 g/mol. The molecule has 1 aromatic carbocycles. The fourth-order valence-electron chi connectivity index (χ4n) is 1.80. The molecule has 82 valence electrons. The molecular weight excluding hydrogens is 259 g/mol. The Labute approximate surface area is 97.4 Å². The minimum atomic E-state index is -0.206. The molecule has 1 aliphatic rings. The Balaban J connectivity index is 2.16. The van der Waals surface area contributed by atoms with Crippen molar-refractivity contribution in [1.29, 1.82) is 0 Å². The Morgan fingerprint density at radius 1 is 1.53 bits per heavy atom. The predicted molar refractivity (Wildman–Crippen MR) is 63.7 cm³/mol. The zero-order chi connectivity index (χ0) is 10.8. The SMILES string of the molecule is Cc1cc(F)c(Br)cc1NC1CCNC1. The Bertz CT molecular complexity index is 362. The highest BCUT2D eigenvalue weighted by molar-refractivity contribution is 9.10. The first-order chi connectivity index (χ1) is 7.16. The average Bonchev–Trinajstić information content (AvgIpc) is 2.67. The van der Waals surface area contributed by atoms with Crippen LogP contribution in [-0.4, -0.2) is 19.1 Å². The predicted octanol–water partition coefficient (Wildman–Crippen LogP) is 2.67. The van der Waals surface area contributed by atoms with Gasteiger partial charge in [-0.05, 0) is 53.5 Å². The van der Waals surface area contributed by atoms with Crippen LogP contribution in [0.4, 0.5) is 10.1 Å². The fraction of sp³-hybridized carbons (Fsp3) is 0.455. The molecule has 0 saturated carbocycles. The van der Waals surface area contributed by atoms with Crippen LogP contribution in [0.15, 0.2) is 16.6 Å². The molecule has 1 saturated heterocycles. The lowest BCUT2D eigenvalue weighted by molar-refractivity contribution is 0.620. The molecule has 2 N–H and O–H groups in total. The van der Waals surface area contributed by atoms with Crippen LogP contribution in [0.25, 0.3) is 0 Å². The van der Waals surface area contributed by atoms with E-state index in [0.717, 1.165) is 30.8 Å². The third-order valence-corrected chi connectivity index (χ3v) is 3.29. The zero-order valence-corrected chi connectivity index (χ0v) is 10.2. The van der Waals surface area contributed by atoms with E-state index in [4.69, 9.17) is 0 Å². The highest BCUT2D eigenvalue weighted by atomic mass is 79.9. The maximum absolute atomic E-state index is 13.2. The number of rotatable bonds is 2. The molecule has 0 bridgehead atoms. The number of aryl methyl sites for hydroxylation is 1. The Hall–Kier alpha value is -0.610. The molecule has 2 nitrogen and oxygen atoms in total. The summed E-state index contributed by atoms with van der Waals surface area (Å²) < 4.78 is 13.7. The van der Waals surface area contributed by atoms with Gasteiger partial charge in [0.05, 0.1) is 4.47 Å². The summed E-state index contributed by atoms with van der Waals surface area (Å²) in [6.45, 7) is 3.95. The number of hydrogen-bond donors (Lipinski definition) is 2. The van der Waals surface area contributed by atoms with Crippen molar-refractivity contribution in [3.05, 3.63) is 28.0 Å². The van der Waals surface area contributed by atoms with E-state index in [2.05, 4.69) is 26.6 Å². The van der Waals surface area contributed by atoms with Gasteiger partial charge in [0.15, 0.2) is 0 Å². The molecule has 2 rings (SSSR count). The Morgan fingerprint density at radius 3 is 3.00 bits per heavy atom. The standard InChI is InChI=1S/C11H14BrFN2/c1-7-4-10(13)9(12)5-11(7)15-8-2-3-14-6-8/h4-5,8,14-15H,2-3,6H2,1H3. The zero-order valence-electron chi connectivity index (χ0n) is 8.61. The minimum Gasteiger partial charge on any atom is -0.381 e. The van der Waals surface area contributed by atoms with Crippen molar-refractivity contribution in [3.63, 3.8) is 0 Å². The molecular formula is C11H14BrFN2. The van der Waals surface area contributed by atoms with Crippen LogP contribution in [0, 0.1) is 12.7 Å². The molecule has 1 atom stereocenters. The van der Waals surface area contributed by atoms with E-state index in [9.17, 15) is 4.39 Å². The molecule has 0 spiro atoms. The molecule has 1 aromatic rings. The summed E-state index contributed by atoms with van der Waals surface area (Å²) in [4.78, 5) is 0. The summed E-state index contributed by atoms with van der Waals surface area (Å²) in [7, 11) is 0. The minimum absolute atomic E-state index is 0.206. The lowest BCUT2D eigenvalue weighted by Gasteiger charge is -2.15. The van der Waals surface area contributed by atoms with E-state index in [1.54, 1.807) is 6.07 Å². The molecule has 0 aliphatic carbocycles. The van der Waals surface area contributed by atoms with Crippen LogP contribution in [0.1, 0.15) is 12.0 Å². The first kappa shape index (κ1) is 10.9. The highest BCUT2D eigenvalue weighted by Gasteiger charge is 2.15. The summed E-state index contributed by atoms with van der Waals surface area (Å²) in [6, 6.07) is 3.82. The molecule has 15 heavy (non-hydrogen) atoms. The molecule has 4 heteroatoms. The van der Waals surface area contributed by atoms with E-state index in [1.807, 2.05) is 13.0 Å². The number of hydrogen-bond acceptors (Lipinski definition) is 2. The van der Waals surface area contributed by atoms with Crippen molar-refractivity contribution in [2.75, 3.05) is 18.4 Å². The maximum Gasteiger partial charge on any atom is 0.137 e. The normalized spacial score (nSPS) is 20.6. The summed E-state index contributed by atoms with van der Waals surface area (Å²) in [5.41, 5.74) is 1.96. The maximum atomic E-state index is 13.2. The van der Waals surface area contributed by atoms with Crippen molar-refractivity contribution in [3.8, 4) is 0 Å². The topological polar surface area (TPSA) is 24.1 Å². The van der Waals surface area contributed by atoms with Gasteiger partial charge in [-0.25, -0.2) is 4.39 Å². The van der Waals surface area contributed by atoms with Gasteiger partial charge in [-0.15, -0.1) is 0 Å². The smallest absolute Gasteiger partial charge is 0.137 e. The van der Waals surface area contributed by atoms with Crippen molar-refractivity contribution in [2.24, 2.45) is 0 Å². The Kier molecular flexibility index (Phi) is 3.26. The van der Waals surface area contributed by atoms with Crippen LogP contribution >= 0.6 is 15.9 Å². The van der Waals surface area contributed by atoms with Gasteiger partial charge in [0, 0.05) is 18.3 Å². The van der Waals surface area contributed by atoms with Crippen LogP contribution in [0.2, 0.25) is 0 Å². The highest BCUT2D eigenvalue weighted by Crippen LogP contribution is 2.25. The third-order valence-electron chi connectivity index (χ3n) is 2.69. The quantitative estimate of drug-likeness (QED) is 0.865. The lowest BCUT2D eigenvalue weighted by Crippen LogP contribution is -2.22. The second-order valence-corrected chi connectivity index (χ2v) is 4.77. The number of anilines is 1. The second kappa shape index (κ2) is 4.49. The monoisotopic (exact) mass is 272 g/mol. The Morgan fingerprint density at radius 2 is 2.33 bits per heavy atom. The molecule has 0 aromatic heterocycles. The van der Waals surface area contributed by atoms with E-state index >= 15 is 0 Å². The van der Waals surface area contributed by atoms with Gasteiger partial charge >= 0.3 is 0 Å². The van der Waals surface area contributed by atoms with Gasteiger partial charge in [0.2, 0.25) is 0 Å². The summed E-state index contributed by atoms with van der Waals surface area (Å²) >= 11 is 3.20. The number of benzene rings is 1. The van der Waals surface area contributed by atoms with Crippen LogP contribution in [0.5, 0.6) is 0 Å². The lowest BCUT2D eigenvalue weighted by atomic mass is 10.1. The first-order valence-corrected chi connectivity index (χ1v) is 5.89. The van der Waals surface area contributed by atoms with Gasteiger partial charge in [-0.1, -0.05) is 0 Å². The second-order valence-electron chi connectivity index (χ2n) is 3.92. The summed E-state index contributed by atoms with van der Waals surface area (Å²) in [5.74, 6) is -0.206. The number of halogens is 2. The van der Waals surface area contributed by atoms with Crippen molar-refractivity contribution in [1.82, 2.24) is 5.32 Å². The van der Waals surface area contributed by atoms with Crippen LogP contribution in [-0.2, 0) is 0 Å². The fourth-order valence-corrected chi connectivity index (χ4v) is 2.14. The van der Waals surface area contributed by atoms with Gasteiger partial charge in [-0.2, -0.15) is 0 Å². The molecule has 0 amide bonds. The third kappa shape index (κ3) is 2.49. The van der Waals surface area contributed by atoms with Gasteiger partial charge < -0.3 is 10.6 Å².